The van der Waals surface area contributed by atoms with Crippen molar-refractivity contribution in [1.82, 2.24) is 4.90 Å². The van der Waals surface area contributed by atoms with Crippen LogP contribution in [0.5, 0.6) is 0 Å². The third kappa shape index (κ3) is 3.68. The summed E-state index contributed by atoms with van der Waals surface area (Å²) in [5, 5.41) is 0. The summed E-state index contributed by atoms with van der Waals surface area (Å²) >= 11 is 0. The van der Waals surface area contributed by atoms with E-state index in [1.54, 1.807) is 4.90 Å². The molecule has 0 radical (unpaired) electrons. The van der Waals surface area contributed by atoms with E-state index in [0.29, 0.717) is 18.7 Å². The van der Waals surface area contributed by atoms with Crippen LogP contribution in [0.1, 0.15) is 21.5 Å². The number of hydrogen-bond donors (Lipinski definition) is 1. The summed E-state index contributed by atoms with van der Waals surface area (Å²) in [6.45, 7) is 1.16. The molecule has 1 amide bonds. The molecular formula is C17H20N2O. The number of rotatable bonds is 5. The van der Waals surface area contributed by atoms with E-state index < -0.39 is 0 Å². The number of benzene rings is 2. The number of carbonyl (C=O) groups excluding carboxylic acids is 1. The molecule has 0 atom stereocenters. The maximum absolute atomic E-state index is 12.3. The Labute approximate surface area is 120 Å². The molecule has 2 aromatic rings. The summed E-state index contributed by atoms with van der Waals surface area (Å²) in [7, 11) is 1.83. The molecule has 0 fully saturated rings. The van der Waals surface area contributed by atoms with Gasteiger partial charge in [0, 0.05) is 25.7 Å². The van der Waals surface area contributed by atoms with Gasteiger partial charge in [-0.3, -0.25) is 4.79 Å². The Morgan fingerprint density at radius 2 is 1.75 bits per heavy atom. The topological polar surface area (TPSA) is 46.3 Å². The molecule has 0 unspecified atom stereocenters. The Morgan fingerprint density at radius 1 is 1.05 bits per heavy atom. The van der Waals surface area contributed by atoms with E-state index in [2.05, 4.69) is 12.1 Å². The van der Waals surface area contributed by atoms with Crippen LogP contribution in [0.3, 0.4) is 0 Å². The highest BCUT2D eigenvalue weighted by atomic mass is 16.2. The third-order valence-corrected chi connectivity index (χ3v) is 3.34. The van der Waals surface area contributed by atoms with Crippen molar-refractivity contribution in [3.05, 3.63) is 71.3 Å². The fourth-order valence-corrected chi connectivity index (χ4v) is 2.09. The zero-order chi connectivity index (χ0) is 14.4. The molecule has 3 heteroatoms. The second kappa shape index (κ2) is 6.87. The normalized spacial score (nSPS) is 10.3. The van der Waals surface area contributed by atoms with Gasteiger partial charge in [-0.1, -0.05) is 42.5 Å². The molecule has 104 valence electrons. The molecule has 0 bridgehead atoms. The van der Waals surface area contributed by atoms with Gasteiger partial charge in [0.05, 0.1) is 0 Å². The van der Waals surface area contributed by atoms with Crippen LogP contribution in [0.2, 0.25) is 0 Å². The van der Waals surface area contributed by atoms with Crippen LogP contribution in [-0.2, 0) is 13.0 Å². The highest BCUT2D eigenvalue weighted by molar-refractivity contribution is 5.94. The fourth-order valence-electron chi connectivity index (χ4n) is 2.09. The molecule has 0 heterocycles. The van der Waals surface area contributed by atoms with Crippen LogP contribution in [-0.4, -0.2) is 24.4 Å². The first-order valence-electron chi connectivity index (χ1n) is 6.79. The van der Waals surface area contributed by atoms with Gasteiger partial charge in [-0.25, -0.2) is 0 Å². The number of likely N-dealkylation sites (N-methyl/N-ethyl adjacent to an activating group) is 1. The van der Waals surface area contributed by atoms with Gasteiger partial charge in [0.15, 0.2) is 0 Å². The van der Waals surface area contributed by atoms with Gasteiger partial charge in [-0.2, -0.15) is 0 Å². The van der Waals surface area contributed by atoms with E-state index in [0.717, 1.165) is 12.0 Å². The zero-order valence-electron chi connectivity index (χ0n) is 11.8. The maximum atomic E-state index is 12.3. The largest absolute Gasteiger partial charge is 0.341 e. The molecule has 0 aromatic heterocycles. The Hall–Kier alpha value is -2.13. The lowest BCUT2D eigenvalue weighted by molar-refractivity contribution is 0.0796. The van der Waals surface area contributed by atoms with Crippen molar-refractivity contribution in [2.45, 2.75) is 13.0 Å². The van der Waals surface area contributed by atoms with Crippen molar-refractivity contribution in [3.63, 3.8) is 0 Å². The summed E-state index contributed by atoms with van der Waals surface area (Å²) in [5.41, 5.74) is 8.52. The number of nitrogens with two attached hydrogens (primary N) is 1. The van der Waals surface area contributed by atoms with E-state index >= 15 is 0 Å². The first kappa shape index (κ1) is 14.3. The second-order valence-electron chi connectivity index (χ2n) is 4.87. The van der Waals surface area contributed by atoms with Gasteiger partial charge in [0.2, 0.25) is 0 Å². The van der Waals surface area contributed by atoms with Gasteiger partial charge in [-0.15, -0.1) is 0 Å². The molecule has 0 aliphatic heterocycles. The minimum Gasteiger partial charge on any atom is -0.341 e. The van der Waals surface area contributed by atoms with Gasteiger partial charge in [-0.05, 0) is 29.7 Å². The highest BCUT2D eigenvalue weighted by Crippen LogP contribution is 2.08. The first-order chi connectivity index (χ1) is 9.70. The van der Waals surface area contributed by atoms with Gasteiger partial charge in [0.25, 0.3) is 5.91 Å². The standard InChI is InChI=1S/C17H20N2O/c1-19(11-10-14-6-3-2-4-7-14)17(20)16-9-5-8-15(12-16)13-18/h2-9,12H,10-11,13,18H2,1H3. The predicted molar refractivity (Wildman–Crippen MR) is 81.4 cm³/mol. The third-order valence-electron chi connectivity index (χ3n) is 3.34. The first-order valence-corrected chi connectivity index (χ1v) is 6.79. The van der Waals surface area contributed by atoms with Gasteiger partial charge < -0.3 is 10.6 Å². The van der Waals surface area contributed by atoms with Crippen molar-refractivity contribution in [2.24, 2.45) is 5.73 Å². The highest BCUT2D eigenvalue weighted by Gasteiger charge is 2.11. The monoisotopic (exact) mass is 268 g/mol. The molecule has 0 saturated heterocycles. The lowest BCUT2D eigenvalue weighted by Gasteiger charge is -2.17. The molecule has 2 aromatic carbocycles. The summed E-state index contributed by atoms with van der Waals surface area (Å²) in [5.74, 6) is 0.0382. The van der Waals surface area contributed by atoms with Crippen molar-refractivity contribution < 1.29 is 4.79 Å². The molecule has 2 rings (SSSR count). The number of nitrogens with zero attached hydrogens (tertiary/aromatic N) is 1. The number of carbonyl (C=O) groups is 1. The van der Waals surface area contributed by atoms with Crippen LogP contribution < -0.4 is 5.73 Å². The minimum atomic E-state index is 0.0382. The number of hydrogen-bond acceptors (Lipinski definition) is 2. The molecule has 0 saturated carbocycles. The molecule has 0 aliphatic rings. The SMILES string of the molecule is CN(CCc1ccccc1)C(=O)c1cccc(CN)c1. The lowest BCUT2D eigenvalue weighted by atomic mass is 10.1. The maximum Gasteiger partial charge on any atom is 0.253 e. The van der Waals surface area contributed by atoms with E-state index in [4.69, 9.17) is 5.73 Å². The van der Waals surface area contributed by atoms with Gasteiger partial charge >= 0.3 is 0 Å². The number of amides is 1. The van der Waals surface area contributed by atoms with Crippen molar-refractivity contribution in [2.75, 3.05) is 13.6 Å². The Balaban J connectivity index is 1.98. The van der Waals surface area contributed by atoms with E-state index in [-0.39, 0.29) is 5.91 Å². The van der Waals surface area contributed by atoms with Crippen molar-refractivity contribution in [3.8, 4) is 0 Å². The predicted octanol–water partition coefficient (Wildman–Crippen LogP) is 2.46. The summed E-state index contributed by atoms with van der Waals surface area (Å²) in [4.78, 5) is 14.1. The van der Waals surface area contributed by atoms with Crippen LogP contribution in [0.15, 0.2) is 54.6 Å². The molecular weight excluding hydrogens is 248 g/mol. The molecule has 3 nitrogen and oxygen atoms in total. The van der Waals surface area contributed by atoms with Crippen molar-refractivity contribution >= 4 is 5.91 Å². The Morgan fingerprint density at radius 3 is 2.45 bits per heavy atom. The lowest BCUT2D eigenvalue weighted by Crippen LogP contribution is -2.28. The van der Waals surface area contributed by atoms with Crippen LogP contribution in [0.25, 0.3) is 0 Å². The summed E-state index contributed by atoms with van der Waals surface area (Å²) in [6, 6.07) is 17.7. The molecule has 0 spiro atoms. The van der Waals surface area contributed by atoms with Crippen molar-refractivity contribution in [1.29, 1.82) is 0 Å². The zero-order valence-corrected chi connectivity index (χ0v) is 11.8. The minimum absolute atomic E-state index is 0.0382. The quantitative estimate of drug-likeness (QED) is 0.905. The second-order valence-corrected chi connectivity index (χ2v) is 4.87. The molecule has 2 N–H and O–H groups in total. The Bertz CT molecular complexity index is 566. The Kier molecular flexibility index (Phi) is 4.91. The smallest absolute Gasteiger partial charge is 0.253 e. The average Bonchev–Trinajstić information content (AvgIpc) is 2.53. The van der Waals surface area contributed by atoms with E-state index in [1.165, 1.54) is 5.56 Å². The average molecular weight is 268 g/mol. The van der Waals surface area contributed by atoms with E-state index in [1.807, 2.05) is 49.5 Å². The van der Waals surface area contributed by atoms with Crippen LogP contribution >= 0.6 is 0 Å². The summed E-state index contributed by atoms with van der Waals surface area (Å²) in [6.07, 6.45) is 0.861. The van der Waals surface area contributed by atoms with Crippen LogP contribution in [0.4, 0.5) is 0 Å². The summed E-state index contributed by atoms with van der Waals surface area (Å²) < 4.78 is 0. The van der Waals surface area contributed by atoms with Gasteiger partial charge in [0.1, 0.15) is 0 Å². The molecule has 20 heavy (non-hydrogen) atoms. The van der Waals surface area contributed by atoms with E-state index in [9.17, 15) is 4.79 Å². The van der Waals surface area contributed by atoms with Crippen LogP contribution in [0, 0.1) is 0 Å². The molecule has 0 aliphatic carbocycles. The fraction of sp³-hybridized carbons (Fsp3) is 0.235.